The predicted molar refractivity (Wildman–Crippen MR) is 98.5 cm³/mol. The molecule has 1 unspecified atom stereocenters. The molecule has 5 heteroatoms. The molecule has 0 aliphatic carbocycles. The number of carbonyl (C=O) groups is 1. The lowest BCUT2D eigenvalue weighted by atomic mass is 10.1. The molecule has 1 atom stereocenters. The van der Waals surface area contributed by atoms with Gasteiger partial charge < -0.3 is 19.6 Å². The van der Waals surface area contributed by atoms with Gasteiger partial charge in [-0.05, 0) is 38.1 Å². The van der Waals surface area contributed by atoms with Gasteiger partial charge in [0.15, 0.2) is 0 Å². The highest BCUT2D eigenvalue weighted by atomic mass is 16.5. The summed E-state index contributed by atoms with van der Waals surface area (Å²) in [5, 5.41) is 9.98. The van der Waals surface area contributed by atoms with Gasteiger partial charge in [0.2, 0.25) is 0 Å². The maximum atomic E-state index is 12.7. The number of para-hydroxylation sites is 2. The van der Waals surface area contributed by atoms with E-state index in [1.165, 1.54) is 0 Å². The Bertz CT molecular complexity index is 775. The van der Waals surface area contributed by atoms with Crippen molar-refractivity contribution >= 4 is 11.6 Å². The van der Waals surface area contributed by atoms with E-state index in [4.69, 9.17) is 4.74 Å². The number of amides is 1. The Kier molecular flexibility index (Phi) is 4.83. The van der Waals surface area contributed by atoms with Gasteiger partial charge in [-0.1, -0.05) is 23.8 Å². The maximum absolute atomic E-state index is 12.7. The molecular formula is C20H24N2O3. The van der Waals surface area contributed by atoms with Crippen LogP contribution in [0.1, 0.15) is 22.8 Å². The zero-order valence-electron chi connectivity index (χ0n) is 14.9. The summed E-state index contributed by atoms with van der Waals surface area (Å²) in [4.78, 5) is 16.6. The van der Waals surface area contributed by atoms with E-state index in [0.717, 1.165) is 30.1 Å². The standard InChI is InChI=1S/C20H24N2O3/c1-4-22-13-15(25-19-8-6-5-7-17(19)22)12-21(3)20(24)16-11-14(2)9-10-18(16)23/h5-11,15,23H,4,12-13H2,1-3H3. The molecule has 1 heterocycles. The van der Waals surface area contributed by atoms with E-state index in [0.29, 0.717) is 12.1 Å². The van der Waals surface area contributed by atoms with Gasteiger partial charge in [-0.2, -0.15) is 0 Å². The summed E-state index contributed by atoms with van der Waals surface area (Å²) in [7, 11) is 1.74. The number of aryl methyl sites for hydroxylation is 1. The molecule has 1 aliphatic rings. The monoisotopic (exact) mass is 340 g/mol. The SMILES string of the molecule is CCN1CC(CN(C)C(=O)c2cc(C)ccc2O)Oc2ccccc21. The largest absolute Gasteiger partial charge is 0.507 e. The molecule has 1 amide bonds. The first-order chi connectivity index (χ1) is 12.0. The van der Waals surface area contributed by atoms with E-state index in [2.05, 4.69) is 17.9 Å². The topological polar surface area (TPSA) is 53.0 Å². The van der Waals surface area contributed by atoms with Crippen molar-refractivity contribution in [2.24, 2.45) is 0 Å². The Morgan fingerprint density at radius 3 is 2.84 bits per heavy atom. The van der Waals surface area contributed by atoms with Gasteiger partial charge in [0.25, 0.3) is 5.91 Å². The van der Waals surface area contributed by atoms with Crippen LogP contribution in [0.25, 0.3) is 0 Å². The van der Waals surface area contributed by atoms with Crippen LogP contribution in [0, 0.1) is 6.92 Å². The third kappa shape index (κ3) is 3.55. The van der Waals surface area contributed by atoms with Crippen LogP contribution in [0.5, 0.6) is 11.5 Å². The Morgan fingerprint density at radius 1 is 1.32 bits per heavy atom. The Hall–Kier alpha value is -2.69. The molecule has 1 aliphatic heterocycles. The van der Waals surface area contributed by atoms with Gasteiger partial charge in [0.1, 0.15) is 17.6 Å². The minimum Gasteiger partial charge on any atom is -0.507 e. The number of hydrogen-bond acceptors (Lipinski definition) is 4. The van der Waals surface area contributed by atoms with Crippen LogP contribution in [0.4, 0.5) is 5.69 Å². The van der Waals surface area contributed by atoms with Gasteiger partial charge in [0, 0.05) is 13.6 Å². The van der Waals surface area contributed by atoms with Gasteiger partial charge >= 0.3 is 0 Å². The van der Waals surface area contributed by atoms with Gasteiger partial charge in [-0.3, -0.25) is 4.79 Å². The van der Waals surface area contributed by atoms with Crippen molar-refractivity contribution in [1.82, 2.24) is 4.90 Å². The second-order valence-electron chi connectivity index (χ2n) is 6.45. The number of phenols is 1. The van der Waals surface area contributed by atoms with E-state index in [-0.39, 0.29) is 17.8 Å². The normalized spacial score (nSPS) is 16.1. The summed E-state index contributed by atoms with van der Waals surface area (Å²) in [6.45, 7) is 6.07. The molecule has 5 nitrogen and oxygen atoms in total. The van der Waals surface area contributed by atoms with Crippen LogP contribution in [0.2, 0.25) is 0 Å². The zero-order valence-corrected chi connectivity index (χ0v) is 14.9. The molecule has 1 N–H and O–H groups in total. The van der Waals surface area contributed by atoms with E-state index in [9.17, 15) is 9.90 Å². The Morgan fingerprint density at radius 2 is 2.08 bits per heavy atom. The fraction of sp³-hybridized carbons (Fsp3) is 0.350. The molecule has 0 spiro atoms. The molecule has 0 saturated heterocycles. The van der Waals surface area contributed by atoms with E-state index in [1.54, 1.807) is 30.1 Å². The number of nitrogens with zero attached hydrogens (tertiary/aromatic N) is 2. The van der Waals surface area contributed by atoms with Crippen LogP contribution in [0.15, 0.2) is 42.5 Å². The van der Waals surface area contributed by atoms with Crippen LogP contribution in [-0.2, 0) is 0 Å². The molecule has 0 bridgehead atoms. The average Bonchev–Trinajstić information content (AvgIpc) is 2.62. The summed E-state index contributed by atoms with van der Waals surface area (Å²) < 4.78 is 6.08. The van der Waals surface area contributed by atoms with Crippen molar-refractivity contribution in [1.29, 1.82) is 0 Å². The third-order valence-corrected chi connectivity index (χ3v) is 4.51. The fourth-order valence-corrected chi connectivity index (χ4v) is 3.19. The summed E-state index contributed by atoms with van der Waals surface area (Å²) in [6.07, 6.45) is -0.115. The summed E-state index contributed by atoms with van der Waals surface area (Å²) in [5.41, 5.74) is 2.35. The molecule has 25 heavy (non-hydrogen) atoms. The zero-order chi connectivity index (χ0) is 18.0. The van der Waals surface area contributed by atoms with Crippen LogP contribution in [-0.4, -0.2) is 48.7 Å². The molecule has 0 fully saturated rings. The fourth-order valence-electron chi connectivity index (χ4n) is 3.19. The van der Waals surface area contributed by atoms with Crippen LogP contribution >= 0.6 is 0 Å². The minimum absolute atomic E-state index is 0.00698. The quantitative estimate of drug-likeness (QED) is 0.929. The first-order valence-corrected chi connectivity index (χ1v) is 8.55. The lowest BCUT2D eigenvalue weighted by molar-refractivity contribution is 0.0706. The average molecular weight is 340 g/mol. The van der Waals surface area contributed by atoms with Crippen LogP contribution < -0.4 is 9.64 Å². The number of phenolic OH excluding ortho intramolecular Hbond substituents is 1. The third-order valence-electron chi connectivity index (χ3n) is 4.51. The first-order valence-electron chi connectivity index (χ1n) is 8.55. The van der Waals surface area contributed by atoms with Crippen molar-refractivity contribution in [3.63, 3.8) is 0 Å². The number of fused-ring (bicyclic) bond motifs is 1. The lowest BCUT2D eigenvalue weighted by Gasteiger charge is -2.37. The number of rotatable bonds is 4. The highest BCUT2D eigenvalue weighted by Crippen LogP contribution is 2.33. The second kappa shape index (κ2) is 7.05. The highest BCUT2D eigenvalue weighted by Gasteiger charge is 2.27. The van der Waals surface area contributed by atoms with Gasteiger partial charge in [-0.25, -0.2) is 0 Å². The molecule has 0 radical (unpaired) electrons. The predicted octanol–water partition coefficient (Wildman–Crippen LogP) is 3.06. The number of anilines is 1. The van der Waals surface area contributed by atoms with E-state index >= 15 is 0 Å². The smallest absolute Gasteiger partial charge is 0.257 e. The highest BCUT2D eigenvalue weighted by molar-refractivity contribution is 5.96. The van der Waals surface area contributed by atoms with Crippen molar-refractivity contribution in [3.05, 3.63) is 53.6 Å². The number of likely N-dealkylation sites (N-methyl/N-ethyl adjacent to an activating group) is 2. The number of carbonyl (C=O) groups excluding carboxylic acids is 1. The van der Waals surface area contributed by atoms with Crippen molar-refractivity contribution < 1.29 is 14.6 Å². The molecular weight excluding hydrogens is 316 g/mol. The molecule has 2 aromatic carbocycles. The minimum atomic E-state index is -0.202. The second-order valence-corrected chi connectivity index (χ2v) is 6.45. The van der Waals surface area contributed by atoms with Gasteiger partial charge in [-0.15, -0.1) is 0 Å². The molecule has 0 saturated carbocycles. The molecule has 3 rings (SSSR count). The molecule has 132 valence electrons. The van der Waals surface area contributed by atoms with Gasteiger partial charge in [0.05, 0.1) is 24.3 Å². The number of aromatic hydroxyl groups is 1. The molecule has 2 aromatic rings. The van der Waals surface area contributed by atoms with E-state index < -0.39 is 0 Å². The Balaban J connectivity index is 1.74. The van der Waals surface area contributed by atoms with Crippen molar-refractivity contribution in [2.45, 2.75) is 20.0 Å². The number of ether oxygens (including phenoxy) is 1. The van der Waals surface area contributed by atoms with Crippen molar-refractivity contribution in [2.75, 3.05) is 31.6 Å². The summed E-state index contributed by atoms with van der Waals surface area (Å²) in [6, 6.07) is 13.0. The van der Waals surface area contributed by atoms with E-state index in [1.807, 2.05) is 25.1 Å². The number of benzene rings is 2. The summed E-state index contributed by atoms with van der Waals surface area (Å²) >= 11 is 0. The van der Waals surface area contributed by atoms with Crippen molar-refractivity contribution in [3.8, 4) is 11.5 Å². The van der Waals surface area contributed by atoms with Crippen LogP contribution in [0.3, 0.4) is 0 Å². The summed E-state index contributed by atoms with van der Waals surface area (Å²) in [5.74, 6) is 0.652. The number of hydrogen-bond donors (Lipinski definition) is 1. The first kappa shape index (κ1) is 17.1. The lowest BCUT2D eigenvalue weighted by Crippen LogP contribution is -2.46. The molecule has 0 aromatic heterocycles. The Labute approximate surface area is 148 Å². The maximum Gasteiger partial charge on any atom is 0.257 e.